The summed E-state index contributed by atoms with van der Waals surface area (Å²) in [6, 6.07) is 6.68. The minimum absolute atomic E-state index is 0.176. The average molecular weight is 528 g/mol. The molecule has 0 bridgehead atoms. The first kappa shape index (κ1) is 25.9. The fourth-order valence-electron chi connectivity index (χ4n) is 6.19. The van der Waals surface area contributed by atoms with E-state index in [4.69, 9.17) is 10.5 Å². The number of ether oxygens (including phenoxy) is 1. The van der Waals surface area contributed by atoms with Crippen molar-refractivity contribution in [3.05, 3.63) is 52.8 Å². The Morgan fingerprint density at radius 2 is 2.08 bits per heavy atom. The zero-order valence-corrected chi connectivity index (χ0v) is 21.3. The van der Waals surface area contributed by atoms with Crippen LogP contribution in [0.5, 0.6) is 5.75 Å². The highest BCUT2D eigenvalue weighted by Crippen LogP contribution is 2.61. The van der Waals surface area contributed by atoms with Crippen molar-refractivity contribution in [2.45, 2.75) is 51.1 Å². The summed E-state index contributed by atoms with van der Waals surface area (Å²) in [6.45, 7) is 2.79. The van der Waals surface area contributed by atoms with Crippen molar-refractivity contribution in [3.63, 3.8) is 0 Å². The highest BCUT2D eigenvalue weighted by Gasteiger charge is 2.58. The maximum absolute atomic E-state index is 14.1. The van der Waals surface area contributed by atoms with Gasteiger partial charge in [0, 0.05) is 53.7 Å². The number of H-pyrrole nitrogens is 1. The number of likely N-dealkylation sites (tertiary alicyclic amines) is 1. The van der Waals surface area contributed by atoms with Crippen molar-refractivity contribution >= 4 is 28.6 Å². The number of halogens is 2. The number of methoxy groups -OCH3 is 1. The maximum atomic E-state index is 14.1. The third-order valence-corrected chi connectivity index (χ3v) is 7.89. The Morgan fingerprint density at radius 3 is 2.74 bits per heavy atom. The van der Waals surface area contributed by atoms with Crippen LogP contribution >= 0.6 is 0 Å². The third-order valence-electron chi connectivity index (χ3n) is 7.89. The number of amides is 1. The van der Waals surface area contributed by atoms with E-state index in [0.29, 0.717) is 31.5 Å². The molecule has 1 aliphatic heterocycles. The Hall–Kier alpha value is -3.73. The molecule has 1 atom stereocenters. The molecule has 202 valence electrons. The van der Waals surface area contributed by atoms with Gasteiger partial charge in [-0.2, -0.15) is 0 Å². The molecule has 3 aromatic rings. The van der Waals surface area contributed by atoms with Crippen LogP contribution in [0.4, 0.5) is 14.6 Å². The third kappa shape index (κ3) is 4.78. The number of hydrogen-bond donors (Lipinski definition) is 4. The summed E-state index contributed by atoms with van der Waals surface area (Å²) in [4.78, 5) is 32.9. The first-order valence-electron chi connectivity index (χ1n) is 12.5. The van der Waals surface area contributed by atoms with E-state index in [1.165, 1.54) is 6.07 Å². The lowest BCUT2D eigenvalue weighted by Crippen LogP contribution is -2.53. The number of carbonyl (C=O) groups is 2. The Bertz CT molecular complexity index is 1400. The largest absolute Gasteiger partial charge is 0.496 e. The molecule has 11 heteroatoms. The highest BCUT2D eigenvalue weighted by atomic mass is 19.3. The monoisotopic (exact) mass is 527 g/mol. The number of nitrogens with one attached hydrogen (secondary N) is 2. The summed E-state index contributed by atoms with van der Waals surface area (Å²) in [5, 5.41) is 13.4. The van der Waals surface area contributed by atoms with E-state index in [0.717, 1.165) is 27.8 Å². The number of nitrogens with zero attached hydrogens (tertiary/aromatic N) is 2. The lowest BCUT2D eigenvalue weighted by molar-refractivity contribution is -0.186. The number of benzene rings is 1. The minimum atomic E-state index is -2.68. The average Bonchev–Trinajstić information content (AvgIpc) is 3.34. The molecule has 2 aliphatic rings. The molecule has 2 aromatic heterocycles. The predicted molar refractivity (Wildman–Crippen MR) is 137 cm³/mol. The lowest BCUT2D eigenvalue weighted by atomic mass is 9.59. The summed E-state index contributed by atoms with van der Waals surface area (Å²) in [6.07, 6.45) is 2.59. The molecule has 1 saturated heterocycles. The van der Waals surface area contributed by atoms with E-state index in [1.807, 2.05) is 25.3 Å². The number of carboxylic acid groups (broad SMARTS) is 1. The number of carboxylic acids is 1. The maximum Gasteiger partial charge on any atom is 0.354 e. The van der Waals surface area contributed by atoms with E-state index in [9.17, 15) is 23.5 Å². The quantitative estimate of drug-likeness (QED) is 0.345. The molecular formula is C27H31F2N5O4. The molecule has 1 aliphatic carbocycles. The Labute approximate surface area is 218 Å². The molecule has 3 heterocycles. The van der Waals surface area contributed by atoms with Crippen LogP contribution in [-0.2, 0) is 11.3 Å². The van der Waals surface area contributed by atoms with Gasteiger partial charge in [0.2, 0.25) is 11.8 Å². The second-order valence-electron chi connectivity index (χ2n) is 10.5. The molecule has 0 unspecified atom stereocenters. The molecule has 1 amide bonds. The first-order valence-corrected chi connectivity index (χ1v) is 12.5. The predicted octanol–water partition coefficient (Wildman–Crippen LogP) is 4.23. The number of alkyl halides is 2. The van der Waals surface area contributed by atoms with E-state index in [1.54, 1.807) is 13.2 Å². The van der Waals surface area contributed by atoms with Gasteiger partial charge < -0.3 is 25.9 Å². The summed E-state index contributed by atoms with van der Waals surface area (Å²) < 4.78 is 33.9. The molecule has 1 spiro atoms. The smallest absolute Gasteiger partial charge is 0.354 e. The van der Waals surface area contributed by atoms with Gasteiger partial charge in [-0.25, -0.2) is 18.6 Å². The van der Waals surface area contributed by atoms with E-state index in [2.05, 4.69) is 20.2 Å². The normalized spacial score (nSPS) is 20.3. The van der Waals surface area contributed by atoms with Crippen LogP contribution in [0.3, 0.4) is 0 Å². The second-order valence-corrected chi connectivity index (χ2v) is 10.5. The van der Waals surface area contributed by atoms with E-state index < -0.39 is 23.2 Å². The number of primary amides is 1. The van der Waals surface area contributed by atoms with Crippen LogP contribution in [-0.4, -0.2) is 58.0 Å². The molecule has 2 fully saturated rings. The van der Waals surface area contributed by atoms with Crippen LogP contribution in [0.25, 0.3) is 10.9 Å². The fourth-order valence-corrected chi connectivity index (χ4v) is 6.19. The van der Waals surface area contributed by atoms with Gasteiger partial charge in [0.1, 0.15) is 11.6 Å². The number of pyridine rings is 1. The second kappa shape index (κ2) is 9.54. The van der Waals surface area contributed by atoms with E-state index in [-0.39, 0.29) is 36.9 Å². The number of fused-ring (bicyclic) bond motifs is 1. The van der Waals surface area contributed by atoms with Crippen LogP contribution in [0.1, 0.15) is 58.9 Å². The molecule has 5 N–H and O–H groups in total. The van der Waals surface area contributed by atoms with Crippen molar-refractivity contribution in [3.8, 4) is 5.75 Å². The van der Waals surface area contributed by atoms with Gasteiger partial charge in [0.05, 0.1) is 13.7 Å². The van der Waals surface area contributed by atoms with Crippen LogP contribution < -0.4 is 15.8 Å². The molecule has 9 nitrogen and oxygen atoms in total. The first-order chi connectivity index (χ1) is 18.0. The molecule has 38 heavy (non-hydrogen) atoms. The molecule has 1 aromatic carbocycles. The van der Waals surface area contributed by atoms with Crippen molar-refractivity contribution in [2.75, 3.05) is 25.5 Å². The van der Waals surface area contributed by atoms with Crippen LogP contribution in [0.15, 0.2) is 30.5 Å². The molecular weight excluding hydrogens is 496 g/mol. The van der Waals surface area contributed by atoms with Gasteiger partial charge in [-0.05, 0) is 55.5 Å². The summed E-state index contributed by atoms with van der Waals surface area (Å²) in [5.74, 6) is -3.58. The van der Waals surface area contributed by atoms with Crippen molar-refractivity contribution < 1.29 is 28.2 Å². The van der Waals surface area contributed by atoms with Crippen LogP contribution in [0, 0.1) is 12.3 Å². The number of nitrogens with two attached hydrogens (primary N) is 1. The number of piperidine rings is 1. The van der Waals surface area contributed by atoms with Crippen molar-refractivity contribution in [1.82, 2.24) is 14.9 Å². The van der Waals surface area contributed by atoms with Gasteiger partial charge >= 0.3 is 5.97 Å². The number of carbonyl (C=O) groups excluding carboxylic acids is 1. The number of aryl methyl sites for hydroxylation is 1. The summed E-state index contributed by atoms with van der Waals surface area (Å²) in [5.41, 5.74) is 8.28. The lowest BCUT2D eigenvalue weighted by Gasteiger charge is -2.54. The highest BCUT2D eigenvalue weighted by molar-refractivity contribution is 5.88. The molecule has 0 radical (unpaired) electrons. The Balaban J connectivity index is 1.57. The van der Waals surface area contributed by atoms with Gasteiger partial charge in [0.25, 0.3) is 0 Å². The van der Waals surface area contributed by atoms with Gasteiger partial charge in [0.15, 0.2) is 5.69 Å². The van der Waals surface area contributed by atoms with Gasteiger partial charge in [-0.1, -0.05) is 6.07 Å². The van der Waals surface area contributed by atoms with Crippen LogP contribution in [0.2, 0.25) is 0 Å². The SMILES string of the molecule is COc1cc(C)c2[nH]ccc2c1CN1CCC2(C[C@H]1c1ccc(C(=O)O)nc1NCC(N)=O)CC(F)(F)C2. The van der Waals surface area contributed by atoms with E-state index >= 15 is 0 Å². The standard InChI is InChI=1S/C27H31F2N5O4/c1-15-9-21(38-2)18(16-5-7-31-23(15)16)12-34-8-6-26(13-27(28,29)14-26)10-20(34)17-3-4-19(25(36)37)33-24(17)32-11-22(30)35/h3-5,7,9,20,31H,6,8,10-14H2,1-2H3,(H2,30,35)(H,32,33)(H,36,37)/t20-/m0/s1. The fraction of sp³-hybridized carbons (Fsp3) is 0.444. The number of hydrogen-bond acceptors (Lipinski definition) is 6. The number of aromatic amines is 1. The minimum Gasteiger partial charge on any atom is -0.496 e. The zero-order chi connectivity index (χ0) is 27.2. The topological polar surface area (TPSA) is 134 Å². The zero-order valence-electron chi connectivity index (χ0n) is 21.3. The Morgan fingerprint density at radius 1 is 1.32 bits per heavy atom. The number of anilines is 1. The van der Waals surface area contributed by atoms with Crippen molar-refractivity contribution in [2.24, 2.45) is 11.1 Å². The molecule has 5 rings (SSSR count). The molecule has 1 saturated carbocycles. The number of aromatic carboxylic acids is 1. The van der Waals surface area contributed by atoms with Crippen molar-refractivity contribution in [1.29, 1.82) is 0 Å². The summed E-state index contributed by atoms with van der Waals surface area (Å²) >= 11 is 0. The van der Waals surface area contributed by atoms with Gasteiger partial charge in [-0.3, -0.25) is 9.69 Å². The summed E-state index contributed by atoms with van der Waals surface area (Å²) in [7, 11) is 1.62. The number of aromatic nitrogens is 2. The number of rotatable bonds is 8. The van der Waals surface area contributed by atoms with Gasteiger partial charge in [-0.15, -0.1) is 0 Å². The Kier molecular flexibility index (Phi) is 6.50.